The van der Waals surface area contributed by atoms with Crippen LogP contribution in [-0.2, 0) is 9.84 Å². The molecule has 0 aromatic carbocycles. The summed E-state index contributed by atoms with van der Waals surface area (Å²) >= 11 is 0. The highest BCUT2D eigenvalue weighted by molar-refractivity contribution is 7.93. The molecule has 1 fully saturated rings. The Kier molecular flexibility index (Phi) is 1.56. The first-order valence-electron chi connectivity index (χ1n) is 4.03. The second-order valence-corrected chi connectivity index (χ2v) is 5.12. The molecule has 1 radical (unpaired) electrons. The molecule has 0 saturated heterocycles. The van der Waals surface area contributed by atoms with Gasteiger partial charge in [0.1, 0.15) is 0 Å². The van der Waals surface area contributed by atoms with Crippen LogP contribution in [-0.4, -0.2) is 14.2 Å². The first-order chi connectivity index (χ1) is 5.17. The van der Waals surface area contributed by atoms with Gasteiger partial charge in [-0.15, -0.1) is 0 Å². The molecule has 2 nitrogen and oxygen atoms in total. The SMILES string of the molecule is O=S1(=O)[C]=C2CCCCC2C1. The van der Waals surface area contributed by atoms with Crippen LogP contribution in [0.2, 0.25) is 0 Å². The zero-order chi connectivity index (χ0) is 7.90. The Morgan fingerprint density at radius 3 is 2.91 bits per heavy atom. The van der Waals surface area contributed by atoms with Crippen molar-refractivity contribution in [3.8, 4) is 0 Å². The second kappa shape index (κ2) is 2.34. The van der Waals surface area contributed by atoms with Gasteiger partial charge in [0.25, 0.3) is 0 Å². The summed E-state index contributed by atoms with van der Waals surface area (Å²) < 4.78 is 22.1. The van der Waals surface area contributed by atoms with E-state index in [1.54, 1.807) is 0 Å². The van der Waals surface area contributed by atoms with Gasteiger partial charge in [0, 0.05) is 0 Å². The monoisotopic (exact) mass is 171 g/mol. The van der Waals surface area contributed by atoms with Gasteiger partial charge in [0.05, 0.1) is 11.2 Å². The topological polar surface area (TPSA) is 34.1 Å². The Balaban J connectivity index is 2.30. The van der Waals surface area contributed by atoms with E-state index in [9.17, 15) is 8.42 Å². The van der Waals surface area contributed by atoms with Gasteiger partial charge in [-0.05, 0) is 30.8 Å². The standard InChI is InChI=1S/C8H11O2S/c9-11(10)5-7-3-1-2-4-8(7)6-11/h7H,1-5H2. The smallest absolute Gasteiger partial charge is 0.180 e. The molecule has 3 heteroatoms. The fourth-order valence-corrected chi connectivity index (χ4v) is 3.56. The van der Waals surface area contributed by atoms with E-state index in [2.05, 4.69) is 5.41 Å². The lowest BCUT2D eigenvalue weighted by molar-refractivity contribution is 0.490. The molecule has 1 atom stereocenters. The zero-order valence-corrected chi connectivity index (χ0v) is 7.15. The third-order valence-electron chi connectivity index (χ3n) is 2.45. The summed E-state index contributed by atoms with van der Waals surface area (Å²) in [5, 5.41) is 2.62. The van der Waals surface area contributed by atoms with E-state index in [4.69, 9.17) is 0 Å². The van der Waals surface area contributed by atoms with E-state index in [0.29, 0.717) is 11.7 Å². The lowest BCUT2D eigenvalue weighted by atomic mass is 9.87. The molecule has 0 spiro atoms. The van der Waals surface area contributed by atoms with Gasteiger partial charge in [0.15, 0.2) is 9.84 Å². The summed E-state index contributed by atoms with van der Waals surface area (Å²) in [5.41, 5.74) is 1.07. The van der Waals surface area contributed by atoms with Crippen LogP contribution in [0.4, 0.5) is 0 Å². The molecule has 2 aliphatic rings. The lowest BCUT2D eigenvalue weighted by Gasteiger charge is -2.18. The van der Waals surface area contributed by atoms with Crippen molar-refractivity contribution in [2.45, 2.75) is 25.7 Å². The van der Waals surface area contributed by atoms with E-state index in [0.717, 1.165) is 24.8 Å². The minimum atomic E-state index is -2.92. The summed E-state index contributed by atoms with van der Waals surface area (Å²) in [6.07, 6.45) is 4.35. The lowest BCUT2D eigenvalue weighted by Crippen LogP contribution is -2.11. The van der Waals surface area contributed by atoms with Crippen LogP contribution < -0.4 is 0 Å². The van der Waals surface area contributed by atoms with Crippen LogP contribution in [0.1, 0.15) is 25.7 Å². The maximum absolute atomic E-state index is 11.1. The van der Waals surface area contributed by atoms with E-state index < -0.39 is 9.84 Å². The normalized spacial score (nSPS) is 34.5. The van der Waals surface area contributed by atoms with E-state index in [1.807, 2.05) is 0 Å². The van der Waals surface area contributed by atoms with Crippen LogP contribution in [0.15, 0.2) is 5.57 Å². The van der Waals surface area contributed by atoms with E-state index >= 15 is 0 Å². The van der Waals surface area contributed by atoms with Gasteiger partial charge in [-0.3, -0.25) is 0 Å². The molecule has 1 aliphatic carbocycles. The Labute approximate surface area is 67.2 Å². The molecular formula is C8H11O2S. The molecular weight excluding hydrogens is 160 g/mol. The van der Waals surface area contributed by atoms with Crippen molar-refractivity contribution in [2.75, 3.05) is 5.75 Å². The minimum absolute atomic E-state index is 0.328. The summed E-state index contributed by atoms with van der Waals surface area (Å²) in [4.78, 5) is 0. The van der Waals surface area contributed by atoms with Crippen molar-refractivity contribution < 1.29 is 8.42 Å². The molecule has 1 saturated carbocycles. The molecule has 0 amide bonds. The fourth-order valence-electron chi connectivity index (χ4n) is 1.91. The van der Waals surface area contributed by atoms with Crippen molar-refractivity contribution in [1.82, 2.24) is 0 Å². The third kappa shape index (κ3) is 1.34. The highest BCUT2D eigenvalue weighted by Crippen LogP contribution is 2.35. The Morgan fingerprint density at radius 1 is 1.36 bits per heavy atom. The number of hydrogen-bond acceptors (Lipinski definition) is 2. The number of sulfone groups is 1. The largest absolute Gasteiger partial charge is 0.224 e. The van der Waals surface area contributed by atoms with Gasteiger partial charge in [0.2, 0.25) is 0 Å². The molecule has 1 unspecified atom stereocenters. The average molecular weight is 171 g/mol. The van der Waals surface area contributed by atoms with Crippen LogP contribution in [0.25, 0.3) is 0 Å². The van der Waals surface area contributed by atoms with E-state index in [-0.39, 0.29) is 0 Å². The van der Waals surface area contributed by atoms with Crippen LogP contribution in [0.5, 0.6) is 0 Å². The summed E-state index contributed by atoms with van der Waals surface area (Å²) in [6.45, 7) is 0. The Hall–Kier alpha value is -0.310. The second-order valence-electron chi connectivity index (χ2n) is 3.35. The molecule has 0 aromatic rings. The number of allylic oxidation sites excluding steroid dienone is 1. The number of hydrogen-bond donors (Lipinski definition) is 0. The minimum Gasteiger partial charge on any atom is -0.224 e. The summed E-state index contributed by atoms with van der Waals surface area (Å²) in [6, 6.07) is 0. The molecule has 0 aromatic heterocycles. The first kappa shape index (κ1) is 7.35. The van der Waals surface area contributed by atoms with Gasteiger partial charge in [-0.1, -0.05) is 6.42 Å². The van der Waals surface area contributed by atoms with Crippen LogP contribution in [0, 0.1) is 11.3 Å². The molecule has 1 aliphatic heterocycles. The van der Waals surface area contributed by atoms with E-state index in [1.165, 1.54) is 6.42 Å². The molecule has 0 N–H and O–H groups in total. The van der Waals surface area contributed by atoms with Crippen molar-refractivity contribution in [1.29, 1.82) is 0 Å². The maximum Gasteiger partial charge on any atom is 0.180 e. The van der Waals surface area contributed by atoms with Gasteiger partial charge in [-0.25, -0.2) is 8.42 Å². The van der Waals surface area contributed by atoms with Gasteiger partial charge in [-0.2, -0.15) is 0 Å². The predicted octanol–water partition coefficient (Wildman–Crippen LogP) is 1.29. The van der Waals surface area contributed by atoms with Gasteiger partial charge >= 0.3 is 0 Å². The molecule has 61 valence electrons. The van der Waals surface area contributed by atoms with Crippen molar-refractivity contribution >= 4 is 9.84 Å². The maximum atomic E-state index is 11.1. The van der Waals surface area contributed by atoms with Crippen LogP contribution in [0.3, 0.4) is 0 Å². The number of rotatable bonds is 0. The van der Waals surface area contributed by atoms with Crippen LogP contribution >= 0.6 is 0 Å². The third-order valence-corrected chi connectivity index (χ3v) is 3.86. The predicted molar refractivity (Wildman–Crippen MR) is 42.5 cm³/mol. The molecule has 2 rings (SSSR count). The molecule has 1 heterocycles. The highest BCUT2D eigenvalue weighted by atomic mass is 32.2. The molecule has 11 heavy (non-hydrogen) atoms. The average Bonchev–Trinajstić information content (AvgIpc) is 2.21. The van der Waals surface area contributed by atoms with Crippen molar-refractivity contribution in [3.63, 3.8) is 0 Å². The Bertz CT molecular complexity index is 287. The van der Waals surface area contributed by atoms with Gasteiger partial charge < -0.3 is 0 Å². The first-order valence-corrected chi connectivity index (χ1v) is 5.69. The number of fused-ring (bicyclic) bond motifs is 1. The zero-order valence-electron chi connectivity index (χ0n) is 6.34. The molecule has 0 bridgehead atoms. The fraction of sp³-hybridized carbons (Fsp3) is 0.750. The Morgan fingerprint density at radius 2 is 2.18 bits per heavy atom. The quantitative estimate of drug-likeness (QED) is 0.550. The van der Waals surface area contributed by atoms with Crippen molar-refractivity contribution in [2.24, 2.45) is 5.92 Å². The highest BCUT2D eigenvalue weighted by Gasteiger charge is 2.31. The summed E-state index contributed by atoms with van der Waals surface area (Å²) in [7, 11) is -2.92. The summed E-state index contributed by atoms with van der Waals surface area (Å²) in [5.74, 6) is 0.663. The van der Waals surface area contributed by atoms with Crippen molar-refractivity contribution in [3.05, 3.63) is 11.0 Å².